The Morgan fingerprint density at radius 1 is 1.50 bits per heavy atom. The molecule has 1 N–H and O–H groups in total. The van der Waals surface area contributed by atoms with Crippen molar-refractivity contribution in [2.24, 2.45) is 5.41 Å². The highest BCUT2D eigenvalue weighted by molar-refractivity contribution is 4.96. The van der Waals surface area contributed by atoms with E-state index in [0.29, 0.717) is 0 Å². The minimum atomic E-state index is -0.243. The largest absolute Gasteiger partial charge is 0.393 e. The summed E-state index contributed by atoms with van der Waals surface area (Å²) in [6.45, 7) is 7.25. The fraction of sp³-hybridized carbons (Fsp3) is 1.00. The fourth-order valence-electron chi connectivity index (χ4n) is 1.30. The molecule has 0 bridgehead atoms. The van der Waals surface area contributed by atoms with Crippen LogP contribution in [0, 0.1) is 5.41 Å². The number of aliphatic hydroxyl groups excluding tert-OH is 1. The Bertz CT molecular complexity index is 114. The van der Waals surface area contributed by atoms with Gasteiger partial charge in [-0.2, -0.15) is 0 Å². The van der Waals surface area contributed by atoms with E-state index in [1.54, 1.807) is 0 Å². The van der Waals surface area contributed by atoms with Gasteiger partial charge in [-0.15, -0.1) is 0 Å². The SMILES string of the molecule is CC(C)(C)C1(CO)CCO1. The van der Waals surface area contributed by atoms with Gasteiger partial charge in [-0.1, -0.05) is 20.8 Å². The minimum absolute atomic E-state index is 0.0694. The smallest absolute Gasteiger partial charge is 0.0981 e. The molecule has 0 saturated carbocycles. The summed E-state index contributed by atoms with van der Waals surface area (Å²) in [7, 11) is 0. The average molecular weight is 144 g/mol. The van der Waals surface area contributed by atoms with Gasteiger partial charge in [-0.3, -0.25) is 0 Å². The number of rotatable bonds is 1. The van der Waals surface area contributed by atoms with E-state index < -0.39 is 0 Å². The molecule has 0 aromatic heterocycles. The molecule has 1 unspecified atom stereocenters. The monoisotopic (exact) mass is 144 g/mol. The molecule has 0 aromatic rings. The van der Waals surface area contributed by atoms with E-state index in [1.807, 2.05) is 0 Å². The highest BCUT2D eigenvalue weighted by Gasteiger charge is 2.47. The van der Waals surface area contributed by atoms with Gasteiger partial charge in [-0.25, -0.2) is 0 Å². The predicted molar refractivity (Wildman–Crippen MR) is 39.8 cm³/mol. The summed E-state index contributed by atoms with van der Waals surface area (Å²) >= 11 is 0. The van der Waals surface area contributed by atoms with E-state index in [-0.39, 0.29) is 17.6 Å². The molecule has 0 radical (unpaired) electrons. The van der Waals surface area contributed by atoms with E-state index in [9.17, 15) is 0 Å². The Morgan fingerprint density at radius 3 is 2.00 bits per heavy atom. The molecular formula is C8H16O2. The number of hydrogen-bond acceptors (Lipinski definition) is 2. The molecule has 1 heterocycles. The van der Waals surface area contributed by atoms with Gasteiger partial charge in [0, 0.05) is 6.42 Å². The van der Waals surface area contributed by atoms with Crippen LogP contribution in [0.5, 0.6) is 0 Å². The first-order valence-electron chi connectivity index (χ1n) is 3.77. The molecule has 0 amide bonds. The highest BCUT2D eigenvalue weighted by Crippen LogP contribution is 2.41. The van der Waals surface area contributed by atoms with Gasteiger partial charge < -0.3 is 9.84 Å². The van der Waals surface area contributed by atoms with Crippen LogP contribution in [0.1, 0.15) is 27.2 Å². The van der Waals surface area contributed by atoms with Gasteiger partial charge in [-0.05, 0) is 5.41 Å². The first-order valence-corrected chi connectivity index (χ1v) is 3.77. The second kappa shape index (κ2) is 2.21. The minimum Gasteiger partial charge on any atom is -0.393 e. The molecule has 1 atom stereocenters. The number of aliphatic hydroxyl groups is 1. The van der Waals surface area contributed by atoms with Gasteiger partial charge in [0.15, 0.2) is 0 Å². The molecule has 1 aliphatic heterocycles. The van der Waals surface area contributed by atoms with E-state index in [0.717, 1.165) is 13.0 Å². The van der Waals surface area contributed by atoms with Crippen molar-refractivity contribution in [3.8, 4) is 0 Å². The summed E-state index contributed by atoms with van der Waals surface area (Å²) in [5.41, 5.74) is -0.174. The Morgan fingerprint density at radius 2 is 2.00 bits per heavy atom. The third kappa shape index (κ3) is 0.956. The molecular weight excluding hydrogens is 128 g/mol. The Kier molecular flexibility index (Phi) is 1.77. The molecule has 1 rings (SSSR count). The first kappa shape index (κ1) is 8.02. The maximum absolute atomic E-state index is 9.05. The molecule has 0 spiro atoms. The summed E-state index contributed by atoms with van der Waals surface area (Å²) in [6.07, 6.45) is 0.993. The lowest BCUT2D eigenvalue weighted by atomic mass is 9.72. The summed E-state index contributed by atoms with van der Waals surface area (Å²) in [4.78, 5) is 0. The van der Waals surface area contributed by atoms with Crippen LogP contribution in [0.3, 0.4) is 0 Å². The van der Waals surface area contributed by atoms with Gasteiger partial charge in [0.25, 0.3) is 0 Å². The first-order chi connectivity index (χ1) is 4.52. The van der Waals surface area contributed by atoms with Crippen molar-refractivity contribution in [2.75, 3.05) is 13.2 Å². The normalized spacial score (nSPS) is 33.6. The zero-order valence-electron chi connectivity index (χ0n) is 6.98. The topological polar surface area (TPSA) is 29.5 Å². The highest BCUT2D eigenvalue weighted by atomic mass is 16.5. The zero-order valence-corrected chi connectivity index (χ0v) is 6.98. The molecule has 1 aliphatic rings. The molecule has 60 valence electrons. The van der Waals surface area contributed by atoms with Crippen LogP contribution in [0.15, 0.2) is 0 Å². The van der Waals surface area contributed by atoms with Crippen LogP contribution >= 0.6 is 0 Å². The van der Waals surface area contributed by atoms with E-state index in [4.69, 9.17) is 9.84 Å². The van der Waals surface area contributed by atoms with Crippen molar-refractivity contribution in [2.45, 2.75) is 32.8 Å². The van der Waals surface area contributed by atoms with Crippen LogP contribution in [0.4, 0.5) is 0 Å². The maximum Gasteiger partial charge on any atom is 0.0981 e. The van der Waals surface area contributed by atoms with Crippen molar-refractivity contribution in [1.29, 1.82) is 0 Å². The summed E-state index contributed by atoms with van der Waals surface area (Å²) in [5, 5.41) is 9.05. The Hall–Kier alpha value is -0.0800. The van der Waals surface area contributed by atoms with Crippen LogP contribution < -0.4 is 0 Å². The summed E-state index contributed by atoms with van der Waals surface area (Å²) in [6, 6.07) is 0. The van der Waals surface area contributed by atoms with Gasteiger partial charge in [0.05, 0.1) is 18.8 Å². The van der Waals surface area contributed by atoms with E-state index in [1.165, 1.54) is 0 Å². The Balaban J connectivity index is 2.65. The third-order valence-corrected chi connectivity index (χ3v) is 2.51. The van der Waals surface area contributed by atoms with Crippen molar-refractivity contribution >= 4 is 0 Å². The fourth-order valence-corrected chi connectivity index (χ4v) is 1.30. The molecule has 0 aliphatic carbocycles. The van der Waals surface area contributed by atoms with Gasteiger partial charge in [0.1, 0.15) is 0 Å². The average Bonchev–Trinajstić information content (AvgIpc) is 1.58. The molecule has 1 saturated heterocycles. The van der Waals surface area contributed by atoms with Crippen molar-refractivity contribution in [1.82, 2.24) is 0 Å². The van der Waals surface area contributed by atoms with Crippen LogP contribution in [0.2, 0.25) is 0 Å². The number of ether oxygens (including phenoxy) is 1. The van der Waals surface area contributed by atoms with E-state index >= 15 is 0 Å². The quantitative estimate of drug-likeness (QED) is 0.599. The summed E-state index contributed by atoms with van der Waals surface area (Å²) < 4.78 is 5.38. The van der Waals surface area contributed by atoms with Crippen LogP contribution in [-0.4, -0.2) is 23.9 Å². The molecule has 2 heteroatoms. The molecule has 0 aromatic carbocycles. The lowest BCUT2D eigenvalue weighted by Crippen LogP contribution is -2.56. The Labute approximate surface area is 62.2 Å². The standard InChI is InChI=1S/C8H16O2/c1-7(2,3)8(6-9)4-5-10-8/h9H,4-6H2,1-3H3. The van der Waals surface area contributed by atoms with Crippen molar-refractivity contribution < 1.29 is 9.84 Å². The van der Waals surface area contributed by atoms with Crippen LogP contribution in [-0.2, 0) is 4.74 Å². The second-order valence-corrected chi connectivity index (χ2v) is 4.00. The molecule has 1 fully saturated rings. The van der Waals surface area contributed by atoms with Gasteiger partial charge >= 0.3 is 0 Å². The second-order valence-electron chi connectivity index (χ2n) is 4.00. The molecule has 2 nitrogen and oxygen atoms in total. The van der Waals surface area contributed by atoms with Gasteiger partial charge in [0.2, 0.25) is 0 Å². The third-order valence-electron chi connectivity index (χ3n) is 2.51. The van der Waals surface area contributed by atoms with Crippen LogP contribution in [0.25, 0.3) is 0 Å². The van der Waals surface area contributed by atoms with Crippen molar-refractivity contribution in [3.05, 3.63) is 0 Å². The predicted octanol–water partition coefficient (Wildman–Crippen LogP) is 1.18. The summed E-state index contributed by atoms with van der Waals surface area (Å²) in [5.74, 6) is 0. The number of hydrogen-bond donors (Lipinski definition) is 1. The lowest BCUT2D eigenvalue weighted by molar-refractivity contribution is -0.224. The molecule has 10 heavy (non-hydrogen) atoms. The maximum atomic E-state index is 9.05. The van der Waals surface area contributed by atoms with Crippen molar-refractivity contribution in [3.63, 3.8) is 0 Å². The zero-order chi connectivity index (χ0) is 7.83. The van der Waals surface area contributed by atoms with E-state index in [2.05, 4.69) is 20.8 Å². The lowest BCUT2D eigenvalue weighted by Gasteiger charge is -2.50.